The van der Waals surface area contributed by atoms with Crippen molar-refractivity contribution in [3.8, 4) is 5.75 Å². The third-order valence-electron chi connectivity index (χ3n) is 2.12. The third-order valence-corrected chi connectivity index (χ3v) is 2.72. The van der Waals surface area contributed by atoms with E-state index in [-0.39, 0.29) is 0 Å². The molecule has 1 N–H and O–H groups in total. The van der Waals surface area contributed by atoms with Gasteiger partial charge in [-0.25, -0.2) is 4.78 Å². The number of aryl methyl sites for hydroxylation is 1. The lowest BCUT2D eigenvalue weighted by atomic mass is 10.1. The quantitative estimate of drug-likeness (QED) is 0.602. The van der Waals surface area contributed by atoms with Crippen LogP contribution in [0.15, 0.2) is 28.1 Å². The van der Waals surface area contributed by atoms with Gasteiger partial charge in [-0.1, -0.05) is 32.0 Å². The van der Waals surface area contributed by atoms with E-state index in [2.05, 4.69) is 16.8 Å². The van der Waals surface area contributed by atoms with Gasteiger partial charge >= 0.3 is 0 Å². The molecule has 0 bridgehead atoms. The van der Waals surface area contributed by atoms with Gasteiger partial charge in [0.05, 0.1) is 6.54 Å². The Bertz CT molecular complexity index is 339. The molecule has 0 aliphatic rings. The van der Waals surface area contributed by atoms with E-state index in [0.29, 0.717) is 22.0 Å². The summed E-state index contributed by atoms with van der Waals surface area (Å²) < 4.78 is 4.02. The third kappa shape index (κ3) is 3.47. The van der Waals surface area contributed by atoms with E-state index in [0.717, 1.165) is 23.6 Å². The molecule has 0 heterocycles. The van der Waals surface area contributed by atoms with Gasteiger partial charge in [0.2, 0.25) is 9.68 Å². The Morgan fingerprint density at radius 2 is 2.00 bits per heavy atom. The van der Waals surface area contributed by atoms with E-state index < -0.39 is 0 Å². The fourth-order valence-corrected chi connectivity index (χ4v) is 1.60. The summed E-state index contributed by atoms with van der Waals surface area (Å²) >= 11 is 0. The zero-order valence-electron chi connectivity index (χ0n) is 9.20. The van der Waals surface area contributed by atoms with Crippen molar-refractivity contribution in [1.82, 2.24) is 0 Å². The Kier molecular flexibility index (Phi) is 5.04. The van der Waals surface area contributed by atoms with Gasteiger partial charge < -0.3 is 5.11 Å². The maximum Gasteiger partial charge on any atom is 0.241 e. The van der Waals surface area contributed by atoms with Gasteiger partial charge in [0.25, 0.3) is 0 Å². The summed E-state index contributed by atoms with van der Waals surface area (Å²) in [6.45, 7) is 4.58. The van der Waals surface area contributed by atoms with Crippen LogP contribution in [0.4, 0.5) is 0 Å². The average molecular weight is 220 g/mol. The molecule has 80 valence electrons. The minimum absolute atomic E-state index is 0.374. The topological polar surface area (TPSA) is 45.0 Å². The molecular weight excluding hydrogens is 204 g/mol. The van der Waals surface area contributed by atoms with Crippen molar-refractivity contribution in [2.45, 2.75) is 32.9 Å². The molecular formula is C11H16N2OSi. The minimum atomic E-state index is 0.374. The van der Waals surface area contributed by atoms with Gasteiger partial charge in [-0.3, -0.25) is 0 Å². The van der Waals surface area contributed by atoms with Crippen molar-refractivity contribution in [1.29, 1.82) is 0 Å². The molecule has 0 aromatic heterocycles. The fraction of sp³-hybridized carbons (Fsp3) is 0.455. The molecule has 0 saturated heterocycles. The van der Waals surface area contributed by atoms with Gasteiger partial charge in [-0.2, -0.15) is 5.11 Å². The maximum atomic E-state index is 9.85. The normalized spacial score (nSPS) is 11.1. The Balaban J connectivity index is 2.68. The number of benzene rings is 1. The van der Waals surface area contributed by atoms with Crippen LogP contribution in [-0.2, 0) is 13.0 Å². The lowest BCUT2D eigenvalue weighted by Gasteiger charge is -2.05. The second-order valence-electron chi connectivity index (χ2n) is 3.19. The van der Waals surface area contributed by atoms with E-state index in [1.807, 2.05) is 25.1 Å². The van der Waals surface area contributed by atoms with Crippen LogP contribution in [0, 0.1) is 0 Å². The molecule has 4 heteroatoms. The number of aromatic hydroxyl groups is 1. The summed E-state index contributed by atoms with van der Waals surface area (Å²) in [4.78, 5) is 0. The summed E-state index contributed by atoms with van der Waals surface area (Å²) in [6, 6.07) is 6.81. The highest BCUT2D eigenvalue weighted by Gasteiger charge is 2.03. The van der Waals surface area contributed by atoms with E-state index >= 15 is 0 Å². The van der Waals surface area contributed by atoms with E-state index in [1.165, 1.54) is 0 Å². The highest BCUT2D eigenvalue weighted by Crippen LogP contribution is 2.23. The molecule has 0 saturated carbocycles. The number of phenolic OH excluding ortho intramolecular Hbond substituents is 1. The first-order valence-electron chi connectivity index (χ1n) is 5.18. The van der Waals surface area contributed by atoms with E-state index in [9.17, 15) is 5.11 Å². The fourth-order valence-electron chi connectivity index (χ4n) is 1.29. The molecule has 0 atom stereocenters. The maximum absolute atomic E-state index is 9.85. The summed E-state index contributed by atoms with van der Waals surface area (Å²) in [5.41, 5.74) is 1.83. The van der Waals surface area contributed by atoms with E-state index in [4.69, 9.17) is 0 Å². The summed E-state index contributed by atoms with van der Waals surface area (Å²) in [5, 5.41) is 13.9. The first kappa shape index (κ1) is 11.9. The number of rotatable bonds is 5. The molecule has 2 radical (unpaired) electrons. The molecule has 15 heavy (non-hydrogen) atoms. The number of nitrogens with zero attached hydrogens (tertiary/aromatic N) is 2. The SMILES string of the molecule is CC[Si]N=NCc1cccc(CC)c1O. The van der Waals surface area contributed by atoms with Crippen molar-refractivity contribution in [3.63, 3.8) is 0 Å². The second kappa shape index (κ2) is 6.34. The van der Waals surface area contributed by atoms with Crippen molar-refractivity contribution in [2.75, 3.05) is 0 Å². The predicted molar refractivity (Wildman–Crippen MR) is 62.3 cm³/mol. The van der Waals surface area contributed by atoms with Crippen LogP contribution in [0.3, 0.4) is 0 Å². The van der Waals surface area contributed by atoms with Gasteiger partial charge in [0.15, 0.2) is 0 Å². The first-order chi connectivity index (χ1) is 7.29. The Morgan fingerprint density at radius 3 is 2.67 bits per heavy atom. The zero-order valence-corrected chi connectivity index (χ0v) is 10.2. The smallest absolute Gasteiger partial charge is 0.241 e. The molecule has 0 aliphatic heterocycles. The number of hydrogen-bond donors (Lipinski definition) is 1. The summed E-state index contributed by atoms with van der Waals surface area (Å²) in [5.74, 6) is 0.374. The van der Waals surface area contributed by atoms with Crippen LogP contribution in [0.1, 0.15) is 25.0 Å². The van der Waals surface area contributed by atoms with Crippen LogP contribution >= 0.6 is 0 Å². The van der Waals surface area contributed by atoms with Gasteiger partial charge in [-0.05, 0) is 18.0 Å². The first-order valence-corrected chi connectivity index (χ1v) is 6.34. The van der Waals surface area contributed by atoms with Crippen molar-refractivity contribution in [3.05, 3.63) is 29.3 Å². The highest BCUT2D eigenvalue weighted by atomic mass is 28.2. The van der Waals surface area contributed by atoms with E-state index in [1.54, 1.807) is 0 Å². The Hall–Kier alpha value is -1.16. The lowest BCUT2D eigenvalue weighted by molar-refractivity contribution is 0.461. The van der Waals surface area contributed by atoms with Crippen molar-refractivity contribution < 1.29 is 5.11 Å². The largest absolute Gasteiger partial charge is 0.507 e. The van der Waals surface area contributed by atoms with Crippen LogP contribution in [0.2, 0.25) is 6.04 Å². The van der Waals surface area contributed by atoms with Crippen LogP contribution in [0.25, 0.3) is 0 Å². The van der Waals surface area contributed by atoms with Gasteiger partial charge in [-0.15, -0.1) is 0 Å². The van der Waals surface area contributed by atoms with Gasteiger partial charge in [0.1, 0.15) is 5.75 Å². The molecule has 3 nitrogen and oxygen atoms in total. The molecule has 0 spiro atoms. The zero-order chi connectivity index (χ0) is 11.1. The summed E-state index contributed by atoms with van der Waals surface area (Å²) in [7, 11) is 0.538. The Labute approximate surface area is 93.2 Å². The standard InChI is InChI=1S/C11H16N2OSi/c1-3-9-6-5-7-10(11(9)14)8-12-13-15-4-2/h5-7,14H,3-4,8H2,1-2H3. The predicted octanol–water partition coefficient (Wildman–Crippen LogP) is 2.96. The van der Waals surface area contributed by atoms with Crippen LogP contribution < -0.4 is 0 Å². The van der Waals surface area contributed by atoms with Crippen molar-refractivity contribution in [2.24, 2.45) is 9.89 Å². The molecule has 0 unspecified atom stereocenters. The summed E-state index contributed by atoms with van der Waals surface area (Å²) in [6.07, 6.45) is 0.841. The molecule has 0 amide bonds. The monoisotopic (exact) mass is 220 g/mol. The molecule has 0 fully saturated rings. The minimum Gasteiger partial charge on any atom is -0.507 e. The molecule has 0 aliphatic carbocycles. The lowest BCUT2D eigenvalue weighted by Crippen LogP contribution is -1.88. The number of para-hydroxylation sites is 1. The highest BCUT2D eigenvalue weighted by molar-refractivity contribution is 6.32. The Morgan fingerprint density at radius 1 is 1.27 bits per heavy atom. The number of hydrogen-bond acceptors (Lipinski definition) is 3. The van der Waals surface area contributed by atoms with Crippen LogP contribution in [-0.4, -0.2) is 14.8 Å². The number of phenols is 1. The molecule has 1 rings (SSSR count). The van der Waals surface area contributed by atoms with Crippen LogP contribution in [0.5, 0.6) is 5.75 Å². The second-order valence-corrected chi connectivity index (χ2v) is 4.41. The molecule has 1 aromatic rings. The molecule has 1 aromatic carbocycles. The van der Waals surface area contributed by atoms with Crippen molar-refractivity contribution >= 4 is 9.68 Å². The average Bonchev–Trinajstić information content (AvgIpc) is 2.26. The van der Waals surface area contributed by atoms with Gasteiger partial charge in [0, 0.05) is 5.56 Å².